The van der Waals surface area contributed by atoms with Gasteiger partial charge in [-0.15, -0.1) is 0 Å². The van der Waals surface area contributed by atoms with Gasteiger partial charge in [0.05, 0.1) is 17.8 Å². The Hall–Kier alpha value is -3.56. The third-order valence-corrected chi connectivity index (χ3v) is 5.72. The quantitative estimate of drug-likeness (QED) is 0.594. The summed E-state index contributed by atoms with van der Waals surface area (Å²) >= 11 is 0. The average Bonchev–Trinajstić information content (AvgIpc) is 3.43. The van der Waals surface area contributed by atoms with E-state index in [0.29, 0.717) is 37.5 Å². The van der Waals surface area contributed by atoms with E-state index in [0.717, 1.165) is 11.6 Å². The zero-order valence-electron chi connectivity index (χ0n) is 18.0. The molecular formula is C23H24F3N5O2. The Labute approximate surface area is 189 Å². The maximum atomic E-state index is 13.2. The van der Waals surface area contributed by atoms with Gasteiger partial charge in [-0.3, -0.25) is 14.6 Å². The monoisotopic (exact) mass is 459 g/mol. The van der Waals surface area contributed by atoms with Crippen LogP contribution in [0.25, 0.3) is 0 Å². The smallest absolute Gasteiger partial charge is 0.355 e. The first-order valence-electron chi connectivity index (χ1n) is 10.6. The van der Waals surface area contributed by atoms with Gasteiger partial charge < -0.3 is 20.9 Å². The Morgan fingerprint density at radius 3 is 2.39 bits per heavy atom. The number of hydrogen-bond donors (Lipinski definition) is 3. The minimum atomic E-state index is -4.46. The molecule has 2 aliphatic rings. The second-order valence-electron chi connectivity index (χ2n) is 8.21. The zero-order chi connectivity index (χ0) is 23.6. The average molecular weight is 459 g/mol. The van der Waals surface area contributed by atoms with Crippen molar-refractivity contribution < 1.29 is 22.8 Å². The molecule has 0 bridgehead atoms. The molecule has 0 saturated heterocycles. The summed E-state index contributed by atoms with van der Waals surface area (Å²) in [6.45, 7) is 1.47. The molecule has 2 amide bonds. The van der Waals surface area contributed by atoms with Crippen LogP contribution in [0, 0.1) is 0 Å². The molecule has 2 aromatic rings. The highest BCUT2D eigenvalue weighted by molar-refractivity contribution is 6.38. The van der Waals surface area contributed by atoms with Crippen molar-refractivity contribution in [3.05, 3.63) is 59.7 Å². The maximum Gasteiger partial charge on any atom is 0.418 e. The Morgan fingerprint density at radius 1 is 1.09 bits per heavy atom. The largest absolute Gasteiger partial charge is 0.418 e. The number of halogens is 3. The lowest BCUT2D eigenvalue weighted by Crippen LogP contribution is -2.52. The molecule has 0 spiro atoms. The minimum Gasteiger partial charge on any atom is -0.355 e. The van der Waals surface area contributed by atoms with Crippen LogP contribution < -0.4 is 16.0 Å². The van der Waals surface area contributed by atoms with Crippen molar-refractivity contribution in [3.8, 4) is 0 Å². The van der Waals surface area contributed by atoms with Crippen LogP contribution in [0.3, 0.4) is 0 Å². The van der Waals surface area contributed by atoms with Crippen molar-refractivity contribution >= 4 is 29.0 Å². The summed E-state index contributed by atoms with van der Waals surface area (Å²) in [5.41, 5.74) is -0.414. The molecule has 1 aliphatic carbocycles. The van der Waals surface area contributed by atoms with Gasteiger partial charge in [-0.1, -0.05) is 24.3 Å². The number of aliphatic imine (C=N–C) groups is 1. The Morgan fingerprint density at radius 2 is 1.79 bits per heavy atom. The molecule has 1 aliphatic heterocycles. The van der Waals surface area contributed by atoms with E-state index >= 15 is 0 Å². The topological polar surface area (TPSA) is 85.8 Å². The maximum absolute atomic E-state index is 13.2. The summed E-state index contributed by atoms with van der Waals surface area (Å²) in [6, 6.07) is 12.0. The number of nitrogens with zero attached hydrogens (tertiary/aromatic N) is 2. The van der Waals surface area contributed by atoms with Crippen molar-refractivity contribution in [2.45, 2.75) is 31.1 Å². The molecule has 1 heterocycles. The highest BCUT2D eigenvalue weighted by Crippen LogP contribution is 2.37. The van der Waals surface area contributed by atoms with Crippen LogP contribution in [0.15, 0.2) is 53.5 Å². The van der Waals surface area contributed by atoms with E-state index in [-0.39, 0.29) is 24.0 Å². The van der Waals surface area contributed by atoms with Gasteiger partial charge in [-0.25, -0.2) is 0 Å². The molecule has 174 valence electrons. The third-order valence-electron chi connectivity index (χ3n) is 5.72. The third kappa shape index (κ3) is 5.10. The van der Waals surface area contributed by atoms with Crippen LogP contribution in [0.2, 0.25) is 0 Å². The number of rotatable bonds is 7. The molecule has 0 atom stereocenters. The van der Waals surface area contributed by atoms with E-state index in [1.54, 1.807) is 36.2 Å². The molecule has 2 aromatic carbocycles. The van der Waals surface area contributed by atoms with E-state index in [4.69, 9.17) is 0 Å². The number of likely N-dealkylation sites (N-methyl/N-ethyl adjacent to an activating group) is 1. The number of para-hydroxylation sites is 1. The molecule has 0 unspecified atom stereocenters. The molecule has 1 saturated carbocycles. The standard InChI is InChI=1S/C23H24F3N5O2/c1-31-13-12-27-19(31)20(32)30-22(10-11-22)21(33)28-14-15-6-8-16(9-7-15)29-18-5-3-2-4-17(18)23(24,25)26/h2-9,29H,10-14H2,1H3,(H,28,33)(H,30,32). The van der Waals surface area contributed by atoms with Crippen molar-refractivity contribution in [3.63, 3.8) is 0 Å². The molecule has 7 nitrogen and oxygen atoms in total. The first-order chi connectivity index (χ1) is 15.7. The number of carbonyl (C=O) groups is 2. The van der Waals surface area contributed by atoms with Crippen molar-refractivity contribution in [1.82, 2.24) is 15.5 Å². The number of alkyl halides is 3. The van der Waals surface area contributed by atoms with Gasteiger partial charge in [0, 0.05) is 25.8 Å². The first kappa shape index (κ1) is 22.6. The number of hydrogen-bond acceptors (Lipinski definition) is 5. The lowest BCUT2D eigenvalue weighted by atomic mass is 10.1. The highest BCUT2D eigenvalue weighted by atomic mass is 19.4. The van der Waals surface area contributed by atoms with E-state index < -0.39 is 17.3 Å². The van der Waals surface area contributed by atoms with Gasteiger partial charge in [0.25, 0.3) is 5.91 Å². The summed E-state index contributed by atoms with van der Waals surface area (Å²) in [6.07, 6.45) is -3.34. The summed E-state index contributed by atoms with van der Waals surface area (Å²) in [7, 11) is 1.78. The van der Waals surface area contributed by atoms with E-state index in [1.165, 1.54) is 18.2 Å². The van der Waals surface area contributed by atoms with Gasteiger partial charge in [0.1, 0.15) is 5.54 Å². The summed E-state index contributed by atoms with van der Waals surface area (Å²) < 4.78 is 39.5. The summed E-state index contributed by atoms with van der Waals surface area (Å²) in [4.78, 5) is 31.0. The minimum absolute atomic E-state index is 0.0324. The fourth-order valence-corrected chi connectivity index (χ4v) is 3.64. The Balaban J connectivity index is 1.33. The van der Waals surface area contributed by atoms with Crippen LogP contribution in [-0.2, 0) is 22.3 Å². The molecule has 10 heteroatoms. The van der Waals surface area contributed by atoms with Gasteiger partial charge >= 0.3 is 6.18 Å². The molecule has 1 fully saturated rings. The predicted octanol–water partition coefficient (Wildman–Crippen LogP) is 3.06. The highest BCUT2D eigenvalue weighted by Gasteiger charge is 2.51. The van der Waals surface area contributed by atoms with Crippen LogP contribution in [0.1, 0.15) is 24.0 Å². The van der Waals surface area contributed by atoms with E-state index in [2.05, 4.69) is 20.9 Å². The Kier molecular flexibility index (Phi) is 6.01. The van der Waals surface area contributed by atoms with Crippen molar-refractivity contribution in [1.29, 1.82) is 0 Å². The zero-order valence-corrected chi connectivity index (χ0v) is 18.0. The van der Waals surface area contributed by atoms with Crippen molar-refractivity contribution in [2.75, 3.05) is 25.5 Å². The number of benzene rings is 2. The molecule has 4 rings (SSSR count). The number of anilines is 2. The molecular weight excluding hydrogens is 435 g/mol. The second kappa shape index (κ2) is 8.76. The molecule has 3 N–H and O–H groups in total. The van der Waals surface area contributed by atoms with Gasteiger partial charge in [-0.2, -0.15) is 13.2 Å². The molecule has 33 heavy (non-hydrogen) atoms. The molecule has 0 radical (unpaired) electrons. The van der Waals surface area contributed by atoms with Gasteiger partial charge in [0.15, 0.2) is 5.84 Å². The number of carbonyl (C=O) groups excluding carboxylic acids is 2. The predicted molar refractivity (Wildman–Crippen MR) is 118 cm³/mol. The van der Waals surface area contributed by atoms with Crippen LogP contribution in [0.5, 0.6) is 0 Å². The summed E-state index contributed by atoms with van der Waals surface area (Å²) in [5, 5.41) is 8.42. The molecule has 0 aromatic heterocycles. The first-order valence-corrected chi connectivity index (χ1v) is 10.6. The van der Waals surface area contributed by atoms with Crippen LogP contribution in [-0.4, -0.2) is 48.2 Å². The van der Waals surface area contributed by atoms with Crippen LogP contribution in [0.4, 0.5) is 24.5 Å². The lowest BCUT2D eigenvalue weighted by Gasteiger charge is -2.19. The fourth-order valence-electron chi connectivity index (χ4n) is 3.64. The Bertz CT molecular complexity index is 1080. The number of nitrogens with one attached hydrogen (secondary N) is 3. The van der Waals surface area contributed by atoms with Crippen LogP contribution >= 0.6 is 0 Å². The van der Waals surface area contributed by atoms with Gasteiger partial charge in [0.2, 0.25) is 5.91 Å². The van der Waals surface area contributed by atoms with Crippen molar-refractivity contribution in [2.24, 2.45) is 4.99 Å². The summed E-state index contributed by atoms with van der Waals surface area (Å²) in [5.74, 6) is -0.278. The second-order valence-corrected chi connectivity index (χ2v) is 8.21. The normalized spacial score (nSPS) is 16.7. The van der Waals surface area contributed by atoms with E-state index in [9.17, 15) is 22.8 Å². The fraction of sp³-hybridized carbons (Fsp3) is 0.348. The number of amides is 2. The number of amidine groups is 1. The SMILES string of the molecule is CN1CCN=C1C(=O)NC1(C(=O)NCc2ccc(Nc3ccccc3C(F)(F)F)cc2)CC1. The lowest BCUT2D eigenvalue weighted by molar-refractivity contribution is -0.137. The van der Waals surface area contributed by atoms with E-state index in [1.807, 2.05) is 0 Å². The van der Waals surface area contributed by atoms with Gasteiger partial charge in [-0.05, 0) is 42.7 Å².